The first-order valence-electron chi connectivity index (χ1n) is 9.50. The average Bonchev–Trinajstić information content (AvgIpc) is 2.65. The van der Waals surface area contributed by atoms with Gasteiger partial charge in [-0.2, -0.15) is 0 Å². The van der Waals surface area contributed by atoms with Crippen LogP contribution >= 0.6 is 11.8 Å². The van der Waals surface area contributed by atoms with E-state index >= 15 is 0 Å². The predicted molar refractivity (Wildman–Crippen MR) is 112 cm³/mol. The molecule has 2 aromatic rings. The van der Waals surface area contributed by atoms with Crippen LogP contribution in [0.15, 0.2) is 23.2 Å². The number of hydrogen-bond acceptors (Lipinski definition) is 7. The van der Waals surface area contributed by atoms with E-state index in [0.717, 1.165) is 46.0 Å². The van der Waals surface area contributed by atoms with Gasteiger partial charge >= 0.3 is 0 Å². The zero-order chi connectivity index (χ0) is 19.9. The monoisotopic (exact) mass is 401 g/mol. The number of benzene rings is 1. The van der Waals surface area contributed by atoms with E-state index in [2.05, 4.69) is 20.6 Å². The first-order chi connectivity index (χ1) is 13.5. The van der Waals surface area contributed by atoms with Crippen molar-refractivity contribution in [3.05, 3.63) is 34.9 Å². The van der Waals surface area contributed by atoms with Gasteiger partial charge in [-0.25, -0.2) is 9.97 Å². The molecule has 0 aliphatic carbocycles. The minimum Gasteiger partial charge on any atom is -0.368 e. The highest BCUT2D eigenvalue weighted by Gasteiger charge is 2.15. The number of nitrogen functional groups attached to an aromatic ring is 1. The third-order valence-corrected chi connectivity index (χ3v) is 5.53. The molecular formula is C20H27N5O2S. The van der Waals surface area contributed by atoms with Crippen LogP contribution in [0.1, 0.15) is 34.3 Å². The van der Waals surface area contributed by atoms with Crippen molar-refractivity contribution in [3.8, 4) is 11.3 Å². The lowest BCUT2D eigenvalue weighted by molar-refractivity contribution is 0.0944. The van der Waals surface area contributed by atoms with Crippen molar-refractivity contribution in [1.82, 2.24) is 20.6 Å². The number of nitrogens with two attached hydrogens (primary N) is 1. The number of aryl methyl sites for hydroxylation is 2. The number of amides is 1. The molecule has 0 unspecified atom stereocenters. The Labute approximate surface area is 169 Å². The summed E-state index contributed by atoms with van der Waals surface area (Å²) in [6, 6.07) is 5.86. The first kappa shape index (κ1) is 20.6. The summed E-state index contributed by atoms with van der Waals surface area (Å²) in [6.07, 6.45) is 2.02. The van der Waals surface area contributed by atoms with E-state index in [0.29, 0.717) is 32.0 Å². The molecule has 0 saturated heterocycles. The number of nitrogens with one attached hydrogen (secondary N) is 2. The number of hydrogen-bond donors (Lipinski definition) is 3. The van der Waals surface area contributed by atoms with Crippen LogP contribution in [0.3, 0.4) is 0 Å². The highest BCUT2D eigenvalue weighted by molar-refractivity contribution is 7.99. The van der Waals surface area contributed by atoms with Crippen molar-refractivity contribution in [2.45, 2.75) is 31.7 Å². The maximum Gasteiger partial charge on any atom is 0.251 e. The minimum absolute atomic E-state index is 0.0980. The summed E-state index contributed by atoms with van der Waals surface area (Å²) in [5, 5.41) is 6.98. The summed E-state index contributed by atoms with van der Waals surface area (Å²) < 4.78 is 5.56. The van der Waals surface area contributed by atoms with E-state index in [4.69, 9.17) is 10.5 Å². The number of carbonyl (C=O) groups is 1. The smallest absolute Gasteiger partial charge is 0.251 e. The molecule has 0 radical (unpaired) electrons. The number of carbonyl (C=O) groups excluding carboxylic acids is 1. The van der Waals surface area contributed by atoms with Crippen molar-refractivity contribution in [3.63, 3.8) is 0 Å². The Bertz CT molecular complexity index is 844. The van der Waals surface area contributed by atoms with Gasteiger partial charge in [-0.15, -0.1) is 11.8 Å². The lowest BCUT2D eigenvalue weighted by Crippen LogP contribution is -2.33. The van der Waals surface area contributed by atoms with Crippen molar-refractivity contribution in [2.75, 3.05) is 37.9 Å². The normalized spacial score (nSPS) is 16.7. The Morgan fingerprint density at radius 3 is 2.75 bits per heavy atom. The van der Waals surface area contributed by atoms with Gasteiger partial charge in [0.1, 0.15) is 5.03 Å². The van der Waals surface area contributed by atoms with E-state index < -0.39 is 0 Å². The van der Waals surface area contributed by atoms with Crippen molar-refractivity contribution in [1.29, 1.82) is 0 Å². The zero-order valence-corrected chi connectivity index (χ0v) is 17.2. The Balaban J connectivity index is 1.95. The number of nitrogens with zero attached hydrogens (tertiary/aromatic N) is 2. The first-order valence-corrected chi connectivity index (χ1v) is 10.5. The van der Waals surface area contributed by atoms with Crippen LogP contribution in [0.25, 0.3) is 11.3 Å². The highest BCUT2D eigenvalue weighted by Crippen LogP contribution is 2.29. The molecule has 1 amide bonds. The molecule has 8 heteroatoms. The number of anilines is 1. The van der Waals surface area contributed by atoms with E-state index in [-0.39, 0.29) is 11.9 Å². The van der Waals surface area contributed by atoms with Crippen LogP contribution in [0.2, 0.25) is 0 Å². The largest absolute Gasteiger partial charge is 0.368 e. The van der Waals surface area contributed by atoms with Crippen molar-refractivity contribution in [2.24, 2.45) is 0 Å². The summed E-state index contributed by atoms with van der Waals surface area (Å²) in [5.74, 6) is 1.08. The summed E-state index contributed by atoms with van der Waals surface area (Å²) in [7, 11) is 0. The molecular weight excluding hydrogens is 374 g/mol. The standard InChI is InChI=1S/C20H27N5O2S/c1-13-9-14(2)16-10-15(13)17-11-18(25-20(21)24-17)28-8-4-3-7-27-12-22-5-6-23-19(16)26/h9-11,22H,3-8,12H2,1-2H3,(H,23,26)(H2,21,24,25). The summed E-state index contributed by atoms with van der Waals surface area (Å²) in [5.41, 5.74) is 10.2. The fourth-order valence-corrected chi connectivity index (χ4v) is 4.00. The van der Waals surface area contributed by atoms with E-state index in [1.54, 1.807) is 11.8 Å². The molecule has 150 valence electrons. The third kappa shape index (κ3) is 5.43. The second-order valence-electron chi connectivity index (χ2n) is 6.80. The Kier molecular flexibility index (Phi) is 7.24. The van der Waals surface area contributed by atoms with Crippen LogP contribution in [0.4, 0.5) is 5.95 Å². The van der Waals surface area contributed by atoms with Crippen LogP contribution in [-0.4, -0.2) is 48.1 Å². The van der Waals surface area contributed by atoms with Gasteiger partial charge in [0.05, 0.1) is 12.4 Å². The maximum absolute atomic E-state index is 12.7. The molecule has 4 N–H and O–H groups in total. The van der Waals surface area contributed by atoms with Crippen LogP contribution in [0, 0.1) is 13.8 Å². The van der Waals surface area contributed by atoms with Crippen molar-refractivity contribution < 1.29 is 9.53 Å². The number of aromatic nitrogens is 2. The number of fused-ring (bicyclic) bond motifs is 5. The highest BCUT2D eigenvalue weighted by atomic mass is 32.2. The van der Waals surface area contributed by atoms with Gasteiger partial charge in [0, 0.05) is 30.8 Å². The number of rotatable bonds is 0. The average molecular weight is 402 g/mol. The quantitative estimate of drug-likeness (QED) is 0.583. The fraction of sp³-hybridized carbons (Fsp3) is 0.450. The van der Waals surface area contributed by atoms with Gasteiger partial charge < -0.3 is 15.8 Å². The lowest BCUT2D eigenvalue weighted by Gasteiger charge is -2.14. The van der Waals surface area contributed by atoms with Crippen LogP contribution < -0.4 is 16.4 Å². The van der Waals surface area contributed by atoms with Gasteiger partial charge in [0.15, 0.2) is 0 Å². The Hall–Kier alpha value is -2.16. The Morgan fingerprint density at radius 1 is 1.07 bits per heavy atom. The SMILES string of the molecule is Cc1cc(C)c2cc1C(=O)NCCNCOCCCCSc1cc-2nc(N)n1. The summed E-state index contributed by atoms with van der Waals surface area (Å²) in [4.78, 5) is 21.4. The molecule has 1 aliphatic rings. The summed E-state index contributed by atoms with van der Waals surface area (Å²) in [6.45, 7) is 6.35. The van der Waals surface area contributed by atoms with E-state index in [9.17, 15) is 4.79 Å². The van der Waals surface area contributed by atoms with Gasteiger partial charge in [0.25, 0.3) is 5.91 Å². The second kappa shape index (κ2) is 9.86. The number of thioether (sulfide) groups is 1. The molecule has 1 aliphatic heterocycles. The predicted octanol–water partition coefficient (Wildman–Crippen LogP) is 2.52. The van der Waals surface area contributed by atoms with E-state index in [1.807, 2.05) is 32.0 Å². The van der Waals surface area contributed by atoms with Gasteiger partial charge in [0.2, 0.25) is 5.95 Å². The number of ether oxygens (including phenoxy) is 1. The maximum atomic E-state index is 12.7. The summed E-state index contributed by atoms with van der Waals surface area (Å²) >= 11 is 1.66. The third-order valence-electron chi connectivity index (χ3n) is 4.54. The molecule has 1 aromatic heterocycles. The molecule has 0 atom stereocenters. The Morgan fingerprint density at radius 2 is 1.89 bits per heavy atom. The molecule has 28 heavy (non-hydrogen) atoms. The molecule has 7 nitrogen and oxygen atoms in total. The molecule has 4 bridgehead atoms. The molecule has 1 aromatic carbocycles. The van der Waals surface area contributed by atoms with Gasteiger partial charge in [-0.05, 0) is 55.7 Å². The van der Waals surface area contributed by atoms with Crippen molar-refractivity contribution >= 4 is 23.6 Å². The molecule has 2 heterocycles. The molecule has 0 saturated carbocycles. The van der Waals surface area contributed by atoms with Gasteiger partial charge in [-0.3, -0.25) is 10.1 Å². The molecule has 0 spiro atoms. The molecule has 0 fully saturated rings. The fourth-order valence-electron chi connectivity index (χ4n) is 3.09. The molecule has 3 rings (SSSR count). The second-order valence-corrected chi connectivity index (χ2v) is 7.91. The van der Waals surface area contributed by atoms with Gasteiger partial charge in [-0.1, -0.05) is 6.07 Å². The van der Waals surface area contributed by atoms with Crippen LogP contribution in [-0.2, 0) is 4.74 Å². The topological polar surface area (TPSA) is 102 Å². The van der Waals surface area contributed by atoms with E-state index in [1.165, 1.54) is 0 Å². The zero-order valence-electron chi connectivity index (χ0n) is 16.4. The lowest BCUT2D eigenvalue weighted by atomic mass is 9.97. The van der Waals surface area contributed by atoms with Crippen LogP contribution in [0.5, 0.6) is 0 Å². The minimum atomic E-state index is -0.0980.